The summed E-state index contributed by atoms with van der Waals surface area (Å²) < 4.78 is 2.57. The number of thiophene rings is 1. The van der Waals surface area contributed by atoms with Gasteiger partial charge in [0, 0.05) is 53.9 Å². The van der Waals surface area contributed by atoms with Gasteiger partial charge in [0.05, 0.1) is 17.1 Å². The molecule has 2 nitrogen and oxygen atoms in total. The monoisotopic (exact) mass is 970 g/mol. The third-order valence-electron chi connectivity index (χ3n) is 15.4. The molecular weight excluding hydrogens is 925 g/mol. The van der Waals surface area contributed by atoms with Gasteiger partial charge in [-0.25, -0.2) is 0 Å². The molecule has 350 valence electrons. The van der Waals surface area contributed by atoms with Crippen LogP contribution < -0.4 is 9.80 Å². The molecule has 3 heteroatoms. The van der Waals surface area contributed by atoms with Crippen LogP contribution in [0.2, 0.25) is 0 Å². The van der Waals surface area contributed by atoms with Gasteiger partial charge in [-0.1, -0.05) is 206 Å². The molecule has 0 amide bonds. The van der Waals surface area contributed by atoms with Crippen LogP contribution in [-0.2, 0) is 0 Å². The normalized spacial score (nSPS) is 12.0. The lowest BCUT2D eigenvalue weighted by Gasteiger charge is -2.29. The van der Waals surface area contributed by atoms with Crippen molar-refractivity contribution in [2.45, 2.75) is 0 Å². The van der Waals surface area contributed by atoms with Gasteiger partial charge in [0.2, 0.25) is 0 Å². The fourth-order valence-corrected chi connectivity index (χ4v) is 13.2. The fraction of sp³-hybridized carbons (Fsp3) is 0. The van der Waals surface area contributed by atoms with Crippen molar-refractivity contribution < 1.29 is 0 Å². The Morgan fingerprint density at radius 1 is 0.253 bits per heavy atom. The van der Waals surface area contributed by atoms with E-state index in [4.69, 9.17) is 0 Å². The van der Waals surface area contributed by atoms with Crippen LogP contribution in [0.5, 0.6) is 0 Å². The van der Waals surface area contributed by atoms with E-state index in [0.29, 0.717) is 0 Å². The van der Waals surface area contributed by atoms with E-state index in [9.17, 15) is 0 Å². The van der Waals surface area contributed by atoms with Gasteiger partial charge in [-0.05, 0) is 143 Å². The van der Waals surface area contributed by atoms with E-state index in [0.717, 1.165) is 45.3 Å². The maximum Gasteiger partial charge on any atom is 0.0540 e. The van der Waals surface area contributed by atoms with E-state index in [2.05, 4.69) is 289 Å². The first kappa shape index (κ1) is 43.1. The van der Waals surface area contributed by atoms with E-state index in [1.54, 1.807) is 0 Å². The van der Waals surface area contributed by atoms with Gasteiger partial charge in [-0.3, -0.25) is 0 Å². The molecule has 0 saturated heterocycles. The lowest BCUT2D eigenvalue weighted by atomic mass is 9.92. The van der Waals surface area contributed by atoms with Crippen molar-refractivity contribution >= 4 is 119 Å². The molecule has 0 aliphatic carbocycles. The van der Waals surface area contributed by atoms with Crippen LogP contribution in [0.25, 0.3) is 107 Å². The lowest BCUT2D eigenvalue weighted by molar-refractivity contribution is 1.29. The predicted octanol–water partition coefficient (Wildman–Crippen LogP) is 21.2. The summed E-state index contributed by atoms with van der Waals surface area (Å²) in [5.41, 5.74) is 13.7. The Hall–Kier alpha value is -9.54. The molecule has 2 heterocycles. The smallest absolute Gasteiger partial charge is 0.0540 e. The van der Waals surface area contributed by atoms with Gasteiger partial charge in [0.15, 0.2) is 0 Å². The summed E-state index contributed by atoms with van der Waals surface area (Å²) in [6.45, 7) is 0. The van der Waals surface area contributed by atoms with Crippen LogP contribution >= 0.6 is 11.3 Å². The number of fused-ring (bicyclic) bond motifs is 18. The van der Waals surface area contributed by atoms with Crippen molar-refractivity contribution in [2.75, 3.05) is 9.80 Å². The number of hydrogen-bond donors (Lipinski definition) is 0. The van der Waals surface area contributed by atoms with Crippen molar-refractivity contribution in [3.63, 3.8) is 0 Å². The lowest BCUT2D eigenvalue weighted by Crippen LogP contribution is -2.11. The first-order valence-corrected chi connectivity index (χ1v) is 26.6. The van der Waals surface area contributed by atoms with Crippen LogP contribution in [0.3, 0.4) is 0 Å². The first-order chi connectivity index (χ1) is 37.2. The Morgan fingerprint density at radius 2 is 0.707 bits per heavy atom. The molecule has 0 radical (unpaired) electrons. The van der Waals surface area contributed by atoms with Crippen molar-refractivity contribution in [1.82, 2.24) is 0 Å². The summed E-state index contributed by atoms with van der Waals surface area (Å²) >= 11 is 1.88. The summed E-state index contributed by atoms with van der Waals surface area (Å²) in [6.07, 6.45) is 0. The van der Waals surface area contributed by atoms with E-state index >= 15 is 0 Å². The number of benzene rings is 12. The second-order valence-corrected chi connectivity index (χ2v) is 20.6. The third-order valence-corrected chi connectivity index (χ3v) is 16.5. The molecule has 0 saturated carbocycles. The highest BCUT2D eigenvalue weighted by molar-refractivity contribution is 7.25. The molecule has 0 N–H and O–H groups in total. The number of para-hydroxylation sites is 4. The first-order valence-electron chi connectivity index (χ1n) is 25.7. The molecule has 0 atom stereocenters. The van der Waals surface area contributed by atoms with Gasteiger partial charge >= 0.3 is 0 Å². The zero-order valence-corrected chi connectivity index (χ0v) is 41.7. The van der Waals surface area contributed by atoms with Crippen LogP contribution in [0.15, 0.2) is 279 Å². The highest BCUT2D eigenvalue weighted by Crippen LogP contribution is 2.53. The SMILES string of the molecule is c1ccc(-c2ccccc2N(c2ccc3c(c2)-c2ccccc2N(c2ccccc2)c2ccccc2-3)c2ccc3c4ccccc4c4ccccc4c4ccccc4c4cc5sc6ccccc6c5cc4c3c2)cc1. The molecule has 13 aromatic carbocycles. The molecule has 0 unspecified atom stereocenters. The van der Waals surface area contributed by atoms with Gasteiger partial charge < -0.3 is 9.80 Å². The largest absolute Gasteiger partial charge is 0.310 e. The Balaban J connectivity index is 1.09. The average Bonchev–Trinajstić information content (AvgIpc) is 3.80. The molecule has 0 bridgehead atoms. The summed E-state index contributed by atoms with van der Waals surface area (Å²) in [5.74, 6) is 0. The maximum absolute atomic E-state index is 2.50. The van der Waals surface area contributed by atoms with Gasteiger partial charge in [-0.2, -0.15) is 0 Å². The average molecular weight is 971 g/mol. The minimum atomic E-state index is 1.06. The van der Waals surface area contributed by atoms with Crippen LogP contribution in [0.1, 0.15) is 0 Å². The minimum absolute atomic E-state index is 1.06. The van der Waals surface area contributed by atoms with Crippen molar-refractivity contribution in [2.24, 2.45) is 0 Å². The van der Waals surface area contributed by atoms with Gasteiger partial charge in [-0.15, -0.1) is 11.3 Å². The molecule has 1 aromatic heterocycles. The minimum Gasteiger partial charge on any atom is -0.310 e. The summed E-state index contributed by atoms with van der Waals surface area (Å²) in [7, 11) is 0. The highest BCUT2D eigenvalue weighted by Gasteiger charge is 2.28. The van der Waals surface area contributed by atoms with Crippen LogP contribution in [0.4, 0.5) is 34.1 Å². The van der Waals surface area contributed by atoms with Crippen LogP contribution in [0, 0.1) is 0 Å². The maximum atomic E-state index is 2.50. The van der Waals surface area contributed by atoms with Crippen molar-refractivity contribution in [3.05, 3.63) is 279 Å². The number of anilines is 6. The Kier molecular flexibility index (Phi) is 10.1. The quantitative estimate of drug-likeness (QED) is 0.170. The highest BCUT2D eigenvalue weighted by atomic mass is 32.1. The number of hydrogen-bond acceptors (Lipinski definition) is 3. The zero-order valence-electron chi connectivity index (χ0n) is 40.9. The van der Waals surface area contributed by atoms with Gasteiger partial charge in [0.1, 0.15) is 0 Å². The molecule has 75 heavy (non-hydrogen) atoms. The topological polar surface area (TPSA) is 6.48 Å². The Labute approximate surface area is 439 Å². The molecule has 1 aliphatic heterocycles. The standard InChI is InChI=1S/C72H46N2S/c1-3-21-47(22-4-1)51-25-13-17-35-68(51)73(49-40-42-59-60-32-14-18-36-69(60)74(48-23-5-2-6-24-48)70-37-19-15-33-61(70)63(59)43-49)50-39-41-58-56-30-10-9-28-54(56)52-26-7-8-27-53(52)55-29-11-12-31-57(55)66-46-72-67(45-65(66)64(58)44-50)62-34-16-20-38-71(62)75-72/h1-46H. The second kappa shape index (κ2) is 17.6. The van der Waals surface area contributed by atoms with Gasteiger partial charge in [0.25, 0.3) is 0 Å². The molecule has 1 aliphatic rings. The summed E-state index contributed by atoms with van der Waals surface area (Å²) in [6, 6.07) is 103. The fourth-order valence-electron chi connectivity index (χ4n) is 12.1. The van der Waals surface area contributed by atoms with E-state index in [1.165, 1.54) is 96.3 Å². The van der Waals surface area contributed by atoms with E-state index < -0.39 is 0 Å². The molecule has 14 aromatic rings. The number of nitrogens with zero attached hydrogens (tertiary/aromatic N) is 2. The zero-order chi connectivity index (χ0) is 49.4. The molecule has 0 spiro atoms. The molecular formula is C72H46N2S. The summed E-state index contributed by atoms with van der Waals surface area (Å²) in [5, 5.41) is 14.6. The second-order valence-electron chi connectivity index (χ2n) is 19.5. The third kappa shape index (κ3) is 7.01. The van der Waals surface area contributed by atoms with E-state index in [-0.39, 0.29) is 0 Å². The Bertz CT molecular complexity index is 4670. The molecule has 0 fully saturated rings. The predicted molar refractivity (Wildman–Crippen MR) is 324 cm³/mol. The van der Waals surface area contributed by atoms with Crippen molar-refractivity contribution in [1.29, 1.82) is 0 Å². The van der Waals surface area contributed by atoms with E-state index in [1.807, 2.05) is 11.3 Å². The number of rotatable bonds is 5. The van der Waals surface area contributed by atoms with Crippen molar-refractivity contribution in [3.8, 4) is 33.4 Å². The van der Waals surface area contributed by atoms with Crippen LogP contribution in [-0.4, -0.2) is 0 Å². The summed E-state index contributed by atoms with van der Waals surface area (Å²) in [4.78, 5) is 4.93. The Morgan fingerprint density at radius 3 is 1.36 bits per heavy atom. The molecule has 15 rings (SSSR count).